The predicted octanol–water partition coefficient (Wildman–Crippen LogP) is 4.20. The third-order valence-corrected chi connectivity index (χ3v) is 8.59. The molecule has 2 heterocycles. The minimum atomic E-state index is -0.463. The molecular weight excluding hydrogens is 420 g/mol. The van der Waals surface area contributed by atoms with Gasteiger partial charge in [-0.25, -0.2) is 0 Å². The molecule has 2 amide bonds. The van der Waals surface area contributed by atoms with Crippen LogP contribution in [0.3, 0.4) is 0 Å². The van der Waals surface area contributed by atoms with Gasteiger partial charge in [0.25, 0.3) is 5.91 Å². The normalized spacial score (nSPS) is 13.4. The van der Waals surface area contributed by atoms with Gasteiger partial charge in [-0.2, -0.15) is 0 Å². The van der Waals surface area contributed by atoms with Crippen molar-refractivity contribution < 1.29 is 9.59 Å². The summed E-state index contributed by atoms with van der Waals surface area (Å²) in [5, 5.41) is 11.8. The number of amides is 2. The summed E-state index contributed by atoms with van der Waals surface area (Å²) in [4.78, 5) is 25.4. The zero-order valence-electron chi connectivity index (χ0n) is 15.1. The van der Waals surface area contributed by atoms with Gasteiger partial charge in [0.05, 0.1) is 11.3 Å². The maximum atomic E-state index is 12.4. The summed E-state index contributed by atoms with van der Waals surface area (Å²) < 4.78 is 1.72. The van der Waals surface area contributed by atoms with Crippen LogP contribution in [0.5, 0.6) is 0 Å². The van der Waals surface area contributed by atoms with Crippen molar-refractivity contribution in [2.75, 3.05) is 16.8 Å². The van der Waals surface area contributed by atoms with E-state index in [1.807, 2.05) is 0 Å². The van der Waals surface area contributed by atoms with Gasteiger partial charge in [0.15, 0.2) is 8.68 Å². The number of thiophene rings is 1. The topological polar surface area (TPSA) is 98.0 Å². The van der Waals surface area contributed by atoms with E-state index in [1.54, 1.807) is 11.8 Å². The molecule has 3 rings (SSSR count). The largest absolute Gasteiger partial charge is 0.365 e. The summed E-state index contributed by atoms with van der Waals surface area (Å²) in [6, 6.07) is 0. The number of primary amides is 1. The lowest BCUT2D eigenvalue weighted by atomic mass is 9.95. The van der Waals surface area contributed by atoms with Crippen LogP contribution in [-0.2, 0) is 17.6 Å². The number of nitrogens with two attached hydrogens (primary N) is 1. The van der Waals surface area contributed by atoms with Crippen LogP contribution in [0.15, 0.2) is 8.68 Å². The van der Waals surface area contributed by atoms with Crippen LogP contribution in [0.2, 0.25) is 0 Å². The smallest absolute Gasteiger partial charge is 0.251 e. The van der Waals surface area contributed by atoms with Crippen LogP contribution in [0.1, 0.15) is 53.4 Å². The molecule has 0 aromatic carbocycles. The number of nitrogens with zero attached hydrogens (tertiary/aromatic N) is 2. The molecule has 2 aromatic heterocycles. The van der Waals surface area contributed by atoms with Crippen LogP contribution in [0.25, 0.3) is 0 Å². The molecule has 0 spiro atoms. The number of carbonyl (C=O) groups is 2. The fourth-order valence-corrected chi connectivity index (χ4v) is 7.11. The maximum Gasteiger partial charge on any atom is 0.251 e. The SMILES string of the molecule is CCCCSc1nnc(SCC(=O)Nc2sc3c(c2C(N)=O)CCCC3)s1. The Labute approximate surface area is 175 Å². The van der Waals surface area contributed by atoms with Gasteiger partial charge in [-0.3, -0.25) is 9.59 Å². The highest BCUT2D eigenvalue weighted by atomic mass is 32.2. The molecule has 6 nitrogen and oxygen atoms in total. The van der Waals surface area contributed by atoms with E-state index in [2.05, 4.69) is 22.4 Å². The van der Waals surface area contributed by atoms with E-state index in [0.29, 0.717) is 10.6 Å². The predicted molar refractivity (Wildman–Crippen MR) is 114 cm³/mol. The van der Waals surface area contributed by atoms with Gasteiger partial charge in [-0.15, -0.1) is 21.5 Å². The molecule has 0 unspecified atom stereocenters. The van der Waals surface area contributed by atoms with Gasteiger partial charge in [-0.1, -0.05) is 48.2 Å². The lowest BCUT2D eigenvalue weighted by molar-refractivity contribution is -0.113. The molecule has 1 aliphatic carbocycles. The van der Waals surface area contributed by atoms with E-state index in [4.69, 9.17) is 5.73 Å². The Balaban J connectivity index is 1.57. The number of unbranched alkanes of at least 4 members (excludes halogenated alkanes) is 1. The Morgan fingerprint density at radius 2 is 1.89 bits per heavy atom. The highest BCUT2D eigenvalue weighted by Gasteiger charge is 2.25. The number of carbonyl (C=O) groups excluding carboxylic acids is 2. The molecular formula is C17H22N4O2S4. The summed E-state index contributed by atoms with van der Waals surface area (Å²) in [6.45, 7) is 2.16. The molecule has 3 N–H and O–H groups in total. The van der Waals surface area contributed by atoms with Crippen LogP contribution in [-0.4, -0.2) is 33.5 Å². The van der Waals surface area contributed by atoms with E-state index in [9.17, 15) is 9.59 Å². The van der Waals surface area contributed by atoms with E-state index >= 15 is 0 Å². The first-order valence-corrected chi connectivity index (χ1v) is 12.5. The quantitative estimate of drug-likeness (QED) is 0.446. The zero-order chi connectivity index (χ0) is 19.2. The van der Waals surface area contributed by atoms with Crippen molar-refractivity contribution in [2.24, 2.45) is 5.73 Å². The number of aryl methyl sites for hydroxylation is 1. The van der Waals surface area contributed by atoms with Crippen molar-refractivity contribution in [1.29, 1.82) is 0 Å². The molecule has 0 saturated carbocycles. The first kappa shape index (κ1) is 20.6. The van der Waals surface area contributed by atoms with Crippen molar-refractivity contribution in [3.63, 3.8) is 0 Å². The standard InChI is InChI=1S/C17H22N4O2S4/c1-2-3-8-24-16-20-21-17(27-16)25-9-12(22)19-15-13(14(18)23)10-6-4-5-7-11(10)26-15/h2-9H2,1H3,(H2,18,23)(H,19,22). The molecule has 27 heavy (non-hydrogen) atoms. The van der Waals surface area contributed by atoms with Gasteiger partial charge in [0.2, 0.25) is 5.91 Å². The summed E-state index contributed by atoms with van der Waals surface area (Å²) in [7, 11) is 0. The number of hydrogen-bond donors (Lipinski definition) is 2. The minimum absolute atomic E-state index is 0.156. The van der Waals surface area contributed by atoms with Crippen molar-refractivity contribution in [3.8, 4) is 0 Å². The second kappa shape index (κ2) is 9.90. The Morgan fingerprint density at radius 3 is 2.63 bits per heavy atom. The molecule has 146 valence electrons. The second-order valence-corrected chi connectivity index (χ2v) is 10.8. The summed E-state index contributed by atoms with van der Waals surface area (Å²) >= 11 is 6.07. The van der Waals surface area contributed by atoms with Gasteiger partial charge in [0.1, 0.15) is 5.00 Å². The third kappa shape index (κ3) is 5.46. The summed E-state index contributed by atoms with van der Waals surface area (Å²) in [5.74, 6) is 0.649. The lowest BCUT2D eigenvalue weighted by Crippen LogP contribution is -2.19. The fourth-order valence-electron chi connectivity index (χ4n) is 2.82. The van der Waals surface area contributed by atoms with E-state index in [-0.39, 0.29) is 11.7 Å². The van der Waals surface area contributed by atoms with Gasteiger partial charge >= 0.3 is 0 Å². The van der Waals surface area contributed by atoms with Gasteiger partial charge in [-0.05, 0) is 37.7 Å². The van der Waals surface area contributed by atoms with E-state index in [0.717, 1.165) is 58.5 Å². The molecule has 2 aromatic rings. The number of anilines is 1. The van der Waals surface area contributed by atoms with Crippen molar-refractivity contribution in [1.82, 2.24) is 10.2 Å². The molecule has 1 aliphatic rings. The number of aromatic nitrogens is 2. The summed E-state index contributed by atoms with van der Waals surface area (Å²) in [5.41, 5.74) is 7.09. The molecule has 0 atom stereocenters. The summed E-state index contributed by atoms with van der Waals surface area (Å²) in [6.07, 6.45) is 6.30. The van der Waals surface area contributed by atoms with Gasteiger partial charge < -0.3 is 11.1 Å². The average molecular weight is 443 g/mol. The Hall–Kier alpha value is -1.10. The minimum Gasteiger partial charge on any atom is -0.365 e. The molecule has 0 fully saturated rings. The molecule has 10 heteroatoms. The zero-order valence-corrected chi connectivity index (χ0v) is 18.3. The molecule has 0 radical (unpaired) electrons. The Kier molecular flexibility index (Phi) is 7.57. The van der Waals surface area contributed by atoms with Crippen molar-refractivity contribution in [2.45, 2.75) is 54.1 Å². The Morgan fingerprint density at radius 1 is 1.15 bits per heavy atom. The van der Waals surface area contributed by atoms with Crippen molar-refractivity contribution in [3.05, 3.63) is 16.0 Å². The lowest BCUT2D eigenvalue weighted by Gasteiger charge is -2.11. The molecule has 0 aliphatic heterocycles. The number of nitrogens with one attached hydrogen (secondary N) is 1. The monoisotopic (exact) mass is 442 g/mol. The number of hydrogen-bond acceptors (Lipinski definition) is 8. The highest BCUT2D eigenvalue weighted by molar-refractivity contribution is 8.03. The fraction of sp³-hybridized carbons (Fsp3) is 0.529. The molecule has 0 saturated heterocycles. The number of rotatable bonds is 9. The average Bonchev–Trinajstić information content (AvgIpc) is 3.24. The second-order valence-electron chi connectivity index (χ2n) is 6.15. The Bertz CT molecular complexity index is 818. The van der Waals surface area contributed by atoms with Gasteiger partial charge in [0, 0.05) is 10.6 Å². The number of fused-ring (bicyclic) bond motifs is 1. The first-order chi connectivity index (χ1) is 13.1. The van der Waals surface area contributed by atoms with Crippen LogP contribution < -0.4 is 11.1 Å². The first-order valence-electron chi connectivity index (χ1n) is 8.91. The van der Waals surface area contributed by atoms with Crippen molar-refractivity contribution >= 4 is 63.0 Å². The van der Waals surface area contributed by atoms with Crippen LogP contribution in [0, 0.1) is 0 Å². The van der Waals surface area contributed by atoms with Crippen LogP contribution >= 0.6 is 46.2 Å². The molecule has 0 bridgehead atoms. The van der Waals surface area contributed by atoms with E-state index in [1.165, 1.54) is 39.3 Å². The van der Waals surface area contributed by atoms with E-state index < -0.39 is 5.91 Å². The number of thioether (sulfide) groups is 2. The maximum absolute atomic E-state index is 12.4. The third-order valence-electron chi connectivity index (χ3n) is 4.11. The highest BCUT2D eigenvalue weighted by Crippen LogP contribution is 2.38. The van der Waals surface area contributed by atoms with Crippen LogP contribution in [0.4, 0.5) is 5.00 Å².